The van der Waals surface area contributed by atoms with Gasteiger partial charge in [0.2, 0.25) is 11.8 Å². The number of hydrogen-bond acceptors (Lipinski definition) is 3. The summed E-state index contributed by atoms with van der Waals surface area (Å²) in [7, 11) is 0. The van der Waals surface area contributed by atoms with E-state index in [-0.39, 0.29) is 18.2 Å². The molecule has 6 heteroatoms. The summed E-state index contributed by atoms with van der Waals surface area (Å²) < 4.78 is 0. The molecule has 0 saturated carbocycles. The van der Waals surface area contributed by atoms with Gasteiger partial charge < -0.3 is 10.2 Å². The van der Waals surface area contributed by atoms with Crippen molar-refractivity contribution in [2.75, 3.05) is 16.8 Å². The van der Waals surface area contributed by atoms with Crippen molar-refractivity contribution in [3.8, 4) is 6.07 Å². The maximum absolute atomic E-state index is 12.5. The predicted octanol–water partition coefficient (Wildman–Crippen LogP) is 3.51. The Kier molecular flexibility index (Phi) is 4.73. The smallest absolute Gasteiger partial charge is 0.229 e. The van der Waals surface area contributed by atoms with Gasteiger partial charge in [0, 0.05) is 29.4 Å². The molecule has 126 valence electrons. The lowest BCUT2D eigenvalue weighted by Crippen LogP contribution is -2.28. The number of amides is 2. The fourth-order valence-electron chi connectivity index (χ4n) is 2.84. The van der Waals surface area contributed by atoms with Crippen molar-refractivity contribution in [3.63, 3.8) is 0 Å². The van der Waals surface area contributed by atoms with Crippen LogP contribution < -0.4 is 10.2 Å². The van der Waals surface area contributed by atoms with Crippen molar-refractivity contribution in [1.82, 2.24) is 0 Å². The molecule has 0 aromatic heterocycles. The Balaban J connectivity index is 1.74. The molecule has 1 atom stereocenters. The van der Waals surface area contributed by atoms with E-state index in [1.807, 2.05) is 13.0 Å². The molecule has 1 fully saturated rings. The Morgan fingerprint density at radius 2 is 2.12 bits per heavy atom. The van der Waals surface area contributed by atoms with Gasteiger partial charge in [0.05, 0.1) is 17.6 Å². The number of nitrogens with zero attached hydrogens (tertiary/aromatic N) is 2. The van der Waals surface area contributed by atoms with Gasteiger partial charge in [0.1, 0.15) is 0 Å². The number of hydrogen-bond donors (Lipinski definition) is 1. The third kappa shape index (κ3) is 3.65. The third-order valence-electron chi connectivity index (χ3n) is 4.24. The molecule has 0 bridgehead atoms. The van der Waals surface area contributed by atoms with Crippen LogP contribution in [0.2, 0.25) is 5.02 Å². The highest BCUT2D eigenvalue weighted by Crippen LogP contribution is 2.27. The highest BCUT2D eigenvalue weighted by molar-refractivity contribution is 6.31. The molecule has 25 heavy (non-hydrogen) atoms. The molecule has 5 nitrogen and oxygen atoms in total. The average Bonchev–Trinajstić information content (AvgIpc) is 3.00. The van der Waals surface area contributed by atoms with Crippen molar-refractivity contribution >= 4 is 34.8 Å². The predicted molar refractivity (Wildman–Crippen MR) is 96.4 cm³/mol. The molecule has 0 radical (unpaired) electrons. The minimum atomic E-state index is -0.448. The van der Waals surface area contributed by atoms with E-state index < -0.39 is 5.92 Å². The van der Waals surface area contributed by atoms with Crippen LogP contribution in [0.3, 0.4) is 0 Å². The van der Waals surface area contributed by atoms with Crippen LogP contribution in [0.4, 0.5) is 11.4 Å². The zero-order valence-corrected chi connectivity index (χ0v) is 14.4. The van der Waals surface area contributed by atoms with Crippen molar-refractivity contribution in [1.29, 1.82) is 5.26 Å². The number of anilines is 2. The Bertz CT molecular complexity index is 888. The molecule has 0 aliphatic carbocycles. The summed E-state index contributed by atoms with van der Waals surface area (Å²) in [5, 5.41) is 12.4. The van der Waals surface area contributed by atoms with Gasteiger partial charge in [-0.3, -0.25) is 9.59 Å². The number of benzene rings is 2. The van der Waals surface area contributed by atoms with Crippen molar-refractivity contribution < 1.29 is 9.59 Å². The summed E-state index contributed by atoms with van der Waals surface area (Å²) in [6, 6.07) is 14.2. The molecule has 1 N–H and O–H groups in total. The van der Waals surface area contributed by atoms with Crippen molar-refractivity contribution in [3.05, 3.63) is 58.6 Å². The third-order valence-corrected chi connectivity index (χ3v) is 4.48. The molecule has 1 unspecified atom stereocenters. The van der Waals surface area contributed by atoms with E-state index in [1.165, 1.54) is 0 Å². The lowest BCUT2D eigenvalue weighted by atomic mass is 10.1. The van der Waals surface area contributed by atoms with Crippen LogP contribution in [0, 0.1) is 24.2 Å². The average molecular weight is 354 g/mol. The van der Waals surface area contributed by atoms with Crippen molar-refractivity contribution in [2.45, 2.75) is 13.3 Å². The Morgan fingerprint density at radius 3 is 2.88 bits per heavy atom. The second-order valence-corrected chi connectivity index (χ2v) is 6.45. The second kappa shape index (κ2) is 6.96. The molecule has 2 aromatic carbocycles. The van der Waals surface area contributed by atoms with Gasteiger partial charge >= 0.3 is 0 Å². The van der Waals surface area contributed by atoms with Crippen LogP contribution in [0.25, 0.3) is 0 Å². The Labute approximate surface area is 150 Å². The monoisotopic (exact) mass is 353 g/mol. The van der Waals surface area contributed by atoms with E-state index >= 15 is 0 Å². The first-order valence-corrected chi connectivity index (χ1v) is 8.23. The van der Waals surface area contributed by atoms with Gasteiger partial charge in [-0.25, -0.2) is 0 Å². The quantitative estimate of drug-likeness (QED) is 0.917. The molecule has 1 heterocycles. The van der Waals surface area contributed by atoms with Crippen LogP contribution in [-0.4, -0.2) is 18.4 Å². The highest BCUT2D eigenvalue weighted by atomic mass is 35.5. The summed E-state index contributed by atoms with van der Waals surface area (Å²) in [6.45, 7) is 2.17. The number of aryl methyl sites for hydroxylation is 1. The van der Waals surface area contributed by atoms with Crippen LogP contribution in [0.15, 0.2) is 42.5 Å². The Morgan fingerprint density at radius 1 is 1.32 bits per heavy atom. The van der Waals surface area contributed by atoms with Gasteiger partial charge in [0.25, 0.3) is 0 Å². The van der Waals surface area contributed by atoms with Gasteiger partial charge in [-0.05, 0) is 42.8 Å². The minimum absolute atomic E-state index is 0.127. The molecular formula is C19H16ClN3O2. The first-order chi connectivity index (χ1) is 12.0. The summed E-state index contributed by atoms with van der Waals surface area (Å²) in [4.78, 5) is 26.4. The second-order valence-electron chi connectivity index (χ2n) is 6.02. The van der Waals surface area contributed by atoms with E-state index in [0.29, 0.717) is 28.5 Å². The first kappa shape index (κ1) is 17.0. The zero-order chi connectivity index (χ0) is 18.0. The normalized spacial score (nSPS) is 16.6. The van der Waals surface area contributed by atoms with Gasteiger partial charge in [-0.15, -0.1) is 0 Å². The summed E-state index contributed by atoms with van der Waals surface area (Å²) in [5.41, 5.74) is 2.67. The van der Waals surface area contributed by atoms with Crippen molar-refractivity contribution in [2.24, 2.45) is 5.92 Å². The Hall–Kier alpha value is -2.84. The SMILES string of the molecule is Cc1ccc(Cl)cc1NC(=O)C1CC(=O)N(c2cccc(C#N)c2)C1. The number of rotatable bonds is 3. The number of nitrogens with one attached hydrogen (secondary N) is 1. The van der Waals surface area contributed by atoms with Gasteiger partial charge in [-0.1, -0.05) is 23.7 Å². The zero-order valence-electron chi connectivity index (χ0n) is 13.6. The van der Waals surface area contributed by atoms with E-state index in [2.05, 4.69) is 11.4 Å². The molecular weight excluding hydrogens is 338 g/mol. The van der Waals surface area contributed by atoms with Crippen LogP contribution in [0.1, 0.15) is 17.5 Å². The molecule has 1 aliphatic rings. The fourth-order valence-corrected chi connectivity index (χ4v) is 3.01. The van der Waals surface area contributed by atoms with Gasteiger partial charge in [0.15, 0.2) is 0 Å². The minimum Gasteiger partial charge on any atom is -0.325 e. The summed E-state index contributed by atoms with van der Waals surface area (Å²) in [6.07, 6.45) is 0.141. The molecule has 0 spiro atoms. The maximum Gasteiger partial charge on any atom is 0.229 e. The lowest BCUT2D eigenvalue weighted by molar-refractivity contribution is -0.122. The van der Waals surface area contributed by atoms with Gasteiger partial charge in [-0.2, -0.15) is 5.26 Å². The first-order valence-electron chi connectivity index (χ1n) is 7.85. The largest absolute Gasteiger partial charge is 0.325 e. The molecule has 1 aliphatic heterocycles. The van der Waals surface area contributed by atoms with E-state index in [1.54, 1.807) is 41.3 Å². The van der Waals surface area contributed by atoms with Crippen LogP contribution in [-0.2, 0) is 9.59 Å². The van der Waals surface area contributed by atoms with E-state index in [4.69, 9.17) is 16.9 Å². The number of carbonyl (C=O) groups excluding carboxylic acids is 2. The summed E-state index contributed by atoms with van der Waals surface area (Å²) >= 11 is 5.97. The summed E-state index contributed by atoms with van der Waals surface area (Å²) in [5.74, 6) is -0.785. The maximum atomic E-state index is 12.5. The molecule has 3 rings (SSSR count). The number of nitriles is 1. The van der Waals surface area contributed by atoms with Crippen LogP contribution >= 0.6 is 11.6 Å². The lowest BCUT2D eigenvalue weighted by Gasteiger charge is -2.17. The highest BCUT2D eigenvalue weighted by Gasteiger charge is 2.35. The van der Waals surface area contributed by atoms with E-state index in [0.717, 1.165) is 5.56 Å². The van der Waals surface area contributed by atoms with Crippen LogP contribution in [0.5, 0.6) is 0 Å². The fraction of sp³-hybridized carbons (Fsp3) is 0.211. The molecule has 2 amide bonds. The molecule has 2 aromatic rings. The molecule has 1 saturated heterocycles. The standard InChI is InChI=1S/C19H16ClN3O2/c1-12-5-6-15(20)9-17(12)22-19(25)14-8-18(24)23(11-14)16-4-2-3-13(7-16)10-21/h2-7,9,14H,8,11H2,1H3,(H,22,25). The topological polar surface area (TPSA) is 73.2 Å². The number of carbonyl (C=O) groups is 2. The number of halogens is 1. The van der Waals surface area contributed by atoms with E-state index in [9.17, 15) is 9.59 Å².